The van der Waals surface area contributed by atoms with Gasteiger partial charge in [-0.3, -0.25) is 0 Å². The van der Waals surface area contributed by atoms with Crippen molar-refractivity contribution in [1.82, 2.24) is 0 Å². The fraction of sp³-hybridized carbons (Fsp3) is 0.333. The van der Waals surface area contributed by atoms with Crippen molar-refractivity contribution in [3.63, 3.8) is 0 Å². The standard InChI is InChI=1S/C12H11F2NO2/c1-3-9-8(6-15)4-7(11(13)14)5-10(9)12(16)17-2/h4-5,11H,3H2,1-2H3. The summed E-state index contributed by atoms with van der Waals surface area (Å²) in [6.07, 6.45) is -2.33. The van der Waals surface area contributed by atoms with E-state index in [0.717, 1.165) is 12.1 Å². The van der Waals surface area contributed by atoms with Crippen LogP contribution in [0.25, 0.3) is 0 Å². The fourth-order valence-corrected chi connectivity index (χ4v) is 1.59. The first-order valence-electron chi connectivity index (χ1n) is 4.98. The van der Waals surface area contributed by atoms with Gasteiger partial charge in [0, 0.05) is 5.56 Å². The third kappa shape index (κ3) is 2.59. The first-order chi connectivity index (χ1) is 8.04. The number of nitriles is 1. The van der Waals surface area contributed by atoms with E-state index in [2.05, 4.69) is 4.74 Å². The second kappa shape index (κ2) is 5.39. The summed E-state index contributed by atoms with van der Waals surface area (Å²) in [5, 5.41) is 8.89. The van der Waals surface area contributed by atoms with E-state index in [1.807, 2.05) is 6.07 Å². The number of ether oxygens (including phenoxy) is 1. The molecule has 0 aromatic heterocycles. The molecule has 0 spiro atoms. The van der Waals surface area contributed by atoms with Gasteiger partial charge in [-0.1, -0.05) is 6.92 Å². The average molecular weight is 239 g/mol. The Balaban J connectivity index is 3.49. The van der Waals surface area contributed by atoms with E-state index in [-0.39, 0.29) is 16.7 Å². The molecule has 0 bridgehead atoms. The monoisotopic (exact) mass is 239 g/mol. The van der Waals surface area contributed by atoms with Gasteiger partial charge < -0.3 is 4.74 Å². The molecule has 5 heteroatoms. The van der Waals surface area contributed by atoms with Crippen molar-refractivity contribution in [2.24, 2.45) is 0 Å². The van der Waals surface area contributed by atoms with Crippen molar-refractivity contribution < 1.29 is 18.3 Å². The van der Waals surface area contributed by atoms with E-state index in [4.69, 9.17) is 5.26 Å². The zero-order valence-corrected chi connectivity index (χ0v) is 9.46. The molecule has 0 saturated carbocycles. The summed E-state index contributed by atoms with van der Waals surface area (Å²) in [5.41, 5.74) is 0.206. The molecule has 0 N–H and O–H groups in total. The highest BCUT2D eigenvalue weighted by Crippen LogP contribution is 2.25. The quantitative estimate of drug-likeness (QED) is 0.762. The van der Waals surface area contributed by atoms with Crippen molar-refractivity contribution in [2.45, 2.75) is 19.8 Å². The zero-order chi connectivity index (χ0) is 13.0. The van der Waals surface area contributed by atoms with Crippen LogP contribution in [0.1, 0.15) is 40.4 Å². The molecule has 1 rings (SSSR count). The molecule has 0 radical (unpaired) electrons. The molecule has 1 aromatic carbocycles. The summed E-state index contributed by atoms with van der Waals surface area (Å²) in [4.78, 5) is 11.5. The minimum atomic E-state index is -2.73. The van der Waals surface area contributed by atoms with E-state index in [9.17, 15) is 13.6 Å². The van der Waals surface area contributed by atoms with Crippen LogP contribution in [0.3, 0.4) is 0 Å². The molecule has 0 aliphatic heterocycles. The number of alkyl halides is 2. The highest BCUT2D eigenvalue weighted by Gasteiger charge is 2.19. The lowest BCUT2D eigenvalue weighted by Gasteiger charge is -2.10. The molecule has 90 valence electrons. The minimum absolute atomic E-state index is 0.0318. The van der Waals surface area contributed by atoms with Gasteiger partial charge in [-0.05, 0) is 24.1 Å². The minimum Gasteiger partial charge on any atom is -0.465 e. The molecule has 0 unspecified atom stereocenters. The molecule has 0 aliphatic rings. The van der Waals surface area contributed by atoms with Crippen LogP contribution in [0.15, 0.2) is 12.1 Å². The van der Waals surface area contributed by atoms with Gasteiger partial charge in [0.05, 0.1) is 24.3 Å². The van der Waals surface area contributed by atoms with Crippen LogP contribution < -0.4 is 0 Å². The number of rotatable bonds is 3. The molecule has 0 amide bonds. The number of benzene rings is 1. The number of esters is 1. The molecule has 0 aliphatic carbocycles. The van der Waals surface area contributed by atoms with Gasteiger partial charge in [0.1, 0.15) is 0 Å². The van der Waals surface area contributed by atoms with Gasteiger partial charge in [-0.15, -0.1) is 0 Å². The molecule has 1 aromatic rings. The van der Waals surface area contributed by atoms with E-state index < -0.39 is 12.4 Å². The van der Waals surface area contributed by atoms with Crippen LogP contribution >= 0.6 is 0 Å². The van der Waals surface area contributed by atoms with E-state index in [0.29, 0.717) is 12.0 Å². The Morgan fingerprint density at radius 2 is 2.18 bits per heavy atom. The molecule has 0 atom stereocenters. The third-order valence-electron chi connectivity index (χ3n) is 2.40. The molecule has 0 heterocycles. The number of nitrogens with zero attached hydrogens (tertiary/aromatic N) is 1. The third-order valence-corrected chi connectivity index (χ3v) is 2.40. The first-order valence-corrected chi connectivity index (χ1v) is 4.98. The van der Waals surface area contributed by atoms with Crippen molar-refractivity contribution in [2.75, 3.05) is 7.11 Å². The number of methoxy groups -OCH3 is 1. The summed E-state index contributed by atoms with van der Waals surface area (Å²) in [5.74, 6) is -0.708. The Kier molecular flexibility index (Phi) is 4.16. The summed E-state index contributed by atoms with van der Waals surface area (Å²) in [6.45, 7) is 1.74. The second-order valence-electron chi connectivity index (χ2n) is 3.35. The number of halogens is 2. The van der Waals surface area contributed by atoms with Crippen LogP contribution in [0.5, 0.6) is 0 Å². The summed E-state index contributed by atoms with van der Waals surface area (Å²) in [7, 11) is 1.17. The van der Waals surface area contributed by atoms with E-state index in [1.165, 1.54) is 7.11 Å². The summed E-state index contributed by atoms with van der Waals surface area (Å²) in [6, 6.07) is 4.01. The predicted molar refractivity (Wildman–Crippen MR) is 56.8 cm³/mol. The summed E-state index contributed by atoms with van der Waals surface area (Å²) < 4.78 is 29.7. The van der Waals surface area contributed by atoms with Gasteiger partial charge in [-0.25, -0.2) is 13.6 Å². The van der Waals surface area contributed by atoms with Gasteiger partial charge in [-0.2, -0.15) is 5.26 Å². The van der Waals surface area contributed by atoms with Crippen LogP contribution in [0, 0.1) is 11.3 Å². The van der Waals surface area contributed by atoms with Crippen LogP contribution in [0.2, 0.25) is 0 Å². The van der Waals surface area contributed by atoms with Gasteiger partial charge in [0.15, 0.2) is 0 Å². The predicted octanol–water partition coefficient (Wildman–Crippen LogP) is 2.84. The molecule has 0 fully saturated rings. The Labute approximate surface area is 97.6 Å². The number of hydrogen-bond acceptors (Lipinski definition) is 3. The highest BCUT2D eigenvalue weighted by atomic mass is 19.3. The molecular formula is C12H11F2NO2. The maximum absolute atomic E-state index is 12.6. The molecule has 0 saturated heterocycles. The van der Waals surface area contributed by atoms with Crippen LogP contribution in [0.4, 0.5) is 8.78 Å². The molecule has 17 heavy (non-hydrogen) atoms. The van der Waals surface area contributed by atoms with Crippen LogP contribution in [-0.4, -0.2) is 13.1 Å². The van der Waals surface area contributed by atoms with Crippen molar-refractivity contribution >= 4 is 5.97 Å². The highest BCUT2D eigenvalue weighted by molar-refractivity contribution is 5.92. The van der Waals surface area contributed by atoms with Crippen molar-refractivity contribution in [1.29, 1.82) is 5.26 Å². The maximum Gasteiger partial charge on any atom is 0.338 e. The topological polar surface area (TPSA) is 50.1 Å². The lowest BCUT2D eigenvalue weighted by molar-refractivity contribution is 0.0599. The average Bonchev–Trinajstić information content (AvgIpc) is 2.35. The van der Waals surface area contributed by atoms with Gasteiger partial charge >= 0.3 is 5.97 Å². The Hall–Kier alpha value is -1.96. The Bertz CT molecular complexity index is 478. The zero-order valence-electron chi connectivity index (χ0n) is 9.46. The largest absolute Gasteiger partial charge is 0.465 e. The first kappa shape index (κ1) is 13.1. The smallest absolute Gasteiger partial charge is 0.338 e. The van der Waals surface area contributed by atoms with Gasteiger partial charge in [0.25, 0.3) is 6.43 Å². The normalized spacial score (nSPS) is 10.1. The maximum atomic E-state index is 12.6. The number of hydrogen-bond donors (Lipinski definition) is 0. The summed E-state index contributed by atoms with van der Waals surface area (Å²) >= 11 is 0. The number of carbonyl (C=O) groups is 1. The Morgan fingerprint density at radius 1 is 1.53 bits per heavy atom. The Morgan fingerprint density at radius 3 is 2.59 bits per heavy atom. The van der Waals surface area contributed by atoms with E-state index >= 15 is 0 Å². The van der Waals surface area contributed by atoms with Crippen LogP contribution in [-0.2, 0) is 11.2 Å². The van der Waals surface area contributed by atoms with E-state index in [1.54, 1.807) is 6.92 Å². The van der Waals surface area contributed by atoms with Crippen molar-refractivity contribution in [3.8, 4) is 6.07 Å². The molecular weight excluding hydrogens is 228 g/mol. The van der Waals surface area contributed by atoms with Crippen molar-refractivity contribution in [3.05, 3.63) is 34.4 Å². The second-order valence-corrected chi connectivity index (χ2v) is 3.35. The van der Waals surface area contributed by atoms with Gasteiger partial charge in [0.2, 0.25) is 0 Å². The molecule has 3 nitrogen and oxygen atoms in total. The SMILES string of the molecule is CCc1c(C#N)cc(C(F)F)cc1C(=O)OC. The lowest BCUT2D eigenvalue weighted by atomic mass is 9.96. The lowest BCUT2D eigenvalue weighted by Crippen LogP contribution is -2.08. The number of carbonyl (C=O) groups excluding carboxylic acids is 1. The fourth-order valence-electron chi connectivity index (χ4n) is 1.59.